The number of carbonyl (C=O) groups excluding carboxylic acids is 3. The summed E-state index contributed by atoms with van der Waals surface area (Å²) in [6.07, 6.45) is 0.880. The van der Waals surface area contributed by atoms with Gasteiger partial charge in [-0.2, -0.15) is 0 Å². The third-order valence-electron chi connectivity index (χ3n) is 5.77. The Labute approximate surface area is 175 Å². The van der Waals surface area contributed by atoms with Crippen molar-refractivity contribution >= 4 is 17.8 Å². The van der Waals surface area contributed by atoms with Crippen LogP contribution in [0.1, 0.15) is 30.5 Å². The molecule has 2 aliphatic heterocycles. The molecule has 2 aromatic carbocycles. The highest BCUT2D eigenvalue weighted by molar-refractivity contribution is 5.97. The smallest absolute Gasteiger partial charge is 0.315 e. The predicted molar refractivity (Wildman–Crippen MR) is 113 cm³/mol. The van der Waals surface area contributed by atoms with E-state index in [1.807, 2.05) is 67.6 Å². The standard InChI is InChI=1S/C23H26N4O3/c1-15(17-10-6-3-7-11-17)24-23(30)25-18-13-20-21(28)26-19(22(29)27(20)14-18)12-16-8-4-2-5-9-16/h2-11,15,18-20H,12-14H2,1H3,(H,26,28)(H2,24,25,30)/t15-,18+,19+,20+/m1/s1. The van der Waals surface area contributed by atoms with E-state index < -0.39 is 12.1 Å². The normalized spacial score (nSPS) is 24.0. The zero-order chi connectivity index (χ0) is 21.1. The van der Waals surface area contributed by atoms with Gasteiger partial charge in [0.2, 0.25) is 11.8 Å². The Hall–Kier alpha value is -3.35. The molecule has 2 fully saturated rings. The minimum absolute atomic E-state index is 0.0918. The number of nitrogens with zero attached hydrogens (tertiary/aromatic N) is 1. The highest BCUT2D eigenvalue weighted by Gasteiger charge is 2.46. The Kier molecular flexibility index (Phi) is 5.70. The molecule has 30 heavy (non-hydrogen) atoms. The van der Waals surface area contributed by atoms with Gasteiger partial charge < -0.3 is 20.9 Å². The van der Waals surface area contributed by atoms with Gasteiger partial charge in [0.25, 0.3) is 0 Å². The Balaban J connectivity index is 1.35. The van der Waals surface area contributed by atoms with Crippen molar-refractivity contribution < 1.29 is 14.4 Å². The molecule has 0 aromatic heterocycles. The molecule has 3 N–H and O–H groups in total. The summed E-state index contributed by atoms with van der Waals surface area (Å²) in [5, 5.41) is 8.69. The molecule has 7 heteroatoms. The number of nitrogens with one attached hydrogen (secondary N) is 3. The van der Waals surface area contributed by atoms with Crippen LogP contribution in [0, 0.1) is 0 Å². The molecular formula is C23H26N4O3. The molecule has 2 aromatic rings. The van der Waals surface area contributed by atoms with Crippen molar-refractivity contribution in [2.24, 2.45) is 0 Å². The van der Waals surface area contributed by atoms with Crippen molar-refractivity contribution in [1.82, 2.24) is 20.9 Å². The molecule has 0 saturated carbocycles. The van der Waals surface area contributed by atoms with Crippen LogP contribution >= 0.6 is 0 Å². The van der Waals surface area contributed by atoms with E-state index in [4.69, 9.17) is 0 Å². The van der Waals surface area contributed by atoms with Gasteiger partial charge in [-0.05, 0) is 24.5 Å². The summed E-state index contributed by atoms with van der Waals surface area (Å²) in [5.41, 5.74) is 2.01. The number of hydrogen-bond acceptors (Lipinski definition) is 3. The Morgan fingerprint density at radius 3 is 2.47 bits per heavy atom. The van der Waals surface area contributed by atoms with E-state index in [1.54, 1.807) is 4.90 Å². The summed E-state index contributed by atoms with van der Waals surface area (Å²) in [6.45, 7) is 2.26. The van der Waals surface area contributed by atoms with Gasteiger partial charge in [0.1, 0.15) is 12.1 Å². The lowest BCUT2D eigenvalue weighted by Gasteiger charge is -2.34. The van der Waals surface area contributed by atoms with Gasteiger partial charge in [0.15, 0.2) is 0 Å². The largest absolute Gasteiger partial charge is 0.342 e. The highest BCUT2D eigenvalue weighted by Crippen LogP contribution is 2.24. The van der Waals surface area contributed by atoms with Crippen molar-refractivity contribution in [3.8, 4) is 0 Å². The lowest BCUT2D eigenvalue weighted by atomic mass is 10.0. The summed E-state index contributed by atoms with van der Waals surface area (Å²) in [5.74, 6) is -0.247. The van der Waals surface area contributed by atoms with Crippen LogP contribution in [0.2, 0.25) is 0 Å². The van der Waals surface area contributed by atoms with Gasteiger partial charge >= 0.3 is 6.03 Å². The number of benzene rings is 2. The molecule has 0 bridgehead atoms. The van der Waals surface area contributed by atoms with Crippen LogP contribution in [0.3, 0.4) is 0 Å². The quantitative estimate of drug-likeness (QED) is 0.707. The minimum Gasteiger partial charge on any atom is -0.342 e. The number of amides is 4. The van der Waals surface area contributed by atoms with Crippen LogP contribution in [0.4, 0.5) is 4.79 Å². The number of carbonyl (C=O) groups is 3. The zero-order valence-electron chi connectivity index (χ0n) is 16.9. The van der Waals surface area contributed by atoms with Crippen molar-refractivity contribution in [2.75, 3.05) is 6.54 Å². The SMILES string of the molecule is C[C@@H](NC(=O)N[C@H]1C[C@H]2C(=O)N[C@@H](Cc3ccccc3)C(=O)N2C1)c1ccccc1. The first-order chi connectivity index (χ1) is 14.5. The predicted octanol–water partition coefficient (Wildman–Crippen LogP) is 1.76. The van der Waals surface area contributed by atoms with Gasteiger partial charge in [0.05, 0.1) is 12.1 Å². The van der Waals surface area contributed by atoms with Gasteiger partial charge in [-0.3, -0.25) is 9.59 Å². The van der Waals surface area contributed by atoms with Crippen molar-refractivity contribution in [3.05, 3.63) is 71.8 Å². The lowest BCUT2D eigenvalue weighted by Crippen LogP contribution is -2.61. The first-order valence-corrected chi connectivity index (χ1v) is 10.3. The average Bonchev–Trinajstić information content (AvgIpc) is 3.17. The van der Waals surface area contributed by atoms with Gasteiger partial charge in [-0.1, -0.05) is 60.7 Å². The molecule has 4 amide bonds. The third-order valence-corrected chi connectivity index (χ3v) is 5.77. The molecule has 2 heterocycles. The first-order valence-electron chi connectivity index (χ1n) is 10.3. The summed E-state index contributed by atoms with van der Waals surface area (Å²) in [6, 6.07) is 17.5. The molecular weight excluding hydrogens is 380 g/mol. The second kappa shape index (κ2) is 8.57. The first kappa shape index (κ1) is 19.9. The molecule has 0 aliphatic carbocycles. The summed E-state index contributed by atoms with van der Waals surface area (Å²) >= 11 is 0. The fourth-order valence-electron chi connectivity index (χ4n) is 4.20. The van der Waals surface area contributed by atoms with E-state index in [-0.39, 0.29) is 29.9 Å². The second-order valence-electron chi connectivity index (χ2n) is 7.94. The van der Waals surface area contributed by atoms with Crippen LogP contribution < -0.4 is 16.0 Å². The Morgan fingerprint density at radius 2 is 1.77 bits per heavy atom. The number of piperazine rings is 1. The number of urea groups is 1. The lowest BCUT2D eigenvalue weighted by molar-refractivity contribution is -0.147. The fourth-order valence-corrected chi connectivity index (χ4v) is 4.20. The molecule has 4 atom stereocenters. The van der Waals surface area contributed by atoms with Crippen LogP contribution in [-0.2, 0) is 16.0 Å². The molecule has 2 saturated heterocycles. The van der Waals surface area contributed by atoms with Crippen LogP contribution in [0.25, 0.3) is 0 Å². The molecule has 0 spiro atoms. The van der Waals surface area contributed by atoms with Crippen LogP contribution in [0.15, 0.2) is 60.7 Å². The molecule has 7 nitrogen and oxygen atoms in total. The van der Waals surface area contributed by atoms with E-state index >= 15 is 0 Å². The summed E-state index contributed by atoms with van der Waals surface area (Å²) in [7, 11) is 0. The maximum Gasteiger partial charge on any atom is 0.315 e. The maximum atomic E-state index is 12.9. The van der Waals surface area contributed by atoms with Crippen molar-refractivity contribution in [3.63, 3.8) is 0 Å². The van der Waals surface area contributed by atoms with E-state index in [1.165, 1.54) is 0 Å². The van der Waals surface area contributed by atoms with E-state index in [2.05, 4.69) is 16.0 Å². The maximum absolute atomic E-state index is 12.9. The summed E-state index contributed by atoms with van der Waals surface area (Å²) in [4.78, 5) is 39.6. The number of fused-ring (bicyclic) bond motifs is 1. The van der Waals surface area contributed by atoms with Gasteiger partial charge in [0, 0.05) is 13.0 Å². The van der Waals surface area contributed by atoms with E-state index in [0.29, 0.717) is 19.4 Å². The molecule has 0 unspecified atom stereocenters. The molecule has 2 aliphatic rings. The third kappa shape index (κ3) is 4.30. The fraction of sp³-hybridized carbons (Fsp3) is 0.348. The van der Waals surface area contributed by atoms with Crippen molar-refractivity contribution in [1.29, 1.82) is 0 Å². The summed E-state index contributed by atoms with van der Waals surface area (Å²) < 4.78 is 0. The molecule has 0 radical (unpaired) electrons. The number of hydrogen-bond donors (Lipinski definition) is 3. The van der Waals surface area contributed by atoms with Crippen molar-refractivity contribution in [2.45, 2.75) is 43.9 Å². The Bertz CT molecular complexity index is 919. The van der Waals surface area contributed by atoms with E-state index in [9.17, 15) is 14.4 Å². The highest BCUT2D eigenvalue weighted by atomic mass is 16.2. The van der Waals surface area contributed by atoms with Crippen LogP contribution in [-0.4, -0.2) is 47.4 Å². The van der Waals surface area contributed by atoms with Gasteiger partial charge in [-0.15, -0.1) is 0 Å². The zero-order valence-corrected chi connectivity index (χ0v) is 16.9. The number of rotatable bonds is 5. The molecule has 156 valence electrons. The second-order valence-corrected chi connectivity index (χ2v) is 7.94. The molecule has 4 rings (SSSR count). The van der Waals surface area contributed by atoms with Crippen LogP contribution in [0.5, 0.6) is 0 Å². The minimum atomic E-state index is -0.568. The Morgan fingerprint density at radius 1 is 1.10 bits per heavy atom. The van der Waals surface area contributed by atoms with Gasteiger partial charge in [-0.25, -0.2) is 4.79 Å². The van der Waals surface area contributed by atoms with E-state index in [0.717, 1.165) is 11.1 Å². The average molecular weight is 406 g/mol. The topological polar surface area (TPSA) is 90.5 Å². The monoisotopic (exact) mass is 406 g/mol.